The van der Waals surface area contributed by atoms with Gasteiger partial charge in [0.2, 0.25) is 11.8 Å². The van der Waals surface area contributed by atoms with Crippen LogP contribution in [0.1, 0.15) is 13.8 Å². The van der Waals surface area contributed by atoms with Crippen LogP contribution in [0, 0.1) is 0 Å². The van der Waals surface area contributed by atoms with Crippen LogP contribution in [0.4, 0.5) is 17.1 Å². The van der Waals surface area contributed by atoms with E-state index in [0.717, 1.165) is 26.2 Å². The minimum atomic E-state index is -0.215. The lowest BCUT2D eigenvalue weighted by Gasteiger charge is -2.38. The molecule has 1 saturated heterocycles. The highest BCUT2D eigenvalue weighted by molar-refractivity contribution is 5.96. The van der Waals surface area contributed by atoms with Crippen LogP contribution >= 0.6 is 0 Å². The molecule has 142 valence electrons. The summed E-state index contributed by atoms with van der Waals surface area (Å²) in [5.41, 5.74) is 2.58. The van der Waals surface area contributed by atoms with Gasteiger partial charge in [0.15, 0.2) is 0 Å². The van der Waals surface area contributed by atoms with Gasteiger partial charge in [0.05, 0.1) is 6.04 Å². The molecule has 0 radical (unpaired) electrons. The van der Waals surface area contributed by atoms with Crippen molar-refractivity contribution in [2.45, 2.75) is 19.9 Å². The van der Waals surface area contributed by atoms with Crippen molar-refractivity contribution in [1.82, 2.24) is 4.90 Å². The van der Waals surface area contributed by atoms with Crippen molar-refractivity contribution in [3.63, 3.8) is 0 Å². The number of hydrogen-bond donors (Lipinski definition) is 2. The molecule has 1 aliphatic heterocycles. The standard InChI is InChI=1S/C21H26N4O2/c1-16(21(27)23-19-8-6-7-18(15-19)22-17(2)26)24-11-13-25(14-12-24)20-9-4-3-5-10-20/h3-10,15-16H,11-14H2,1-2H3,(H,22,26)(H,23,27)/t16-/m0/s1. The fraction of sp³-hybridized carbons (Fsp3) is 0.333. The number of nitrogens with one attached hydrogen (secondary N) is 2. The van der Waals surface area contributed by atoms with Gasteiger partial charge in [-0.1, -0.05) is 24.3 Å². The van der Waals surface area contributed by atoms with E-state index in [1.807, 2.05) is 37.3 Å². The van der Waals surface area contributed by atoms with Crippen LogP contribution in [0.5, 0.6) is 0 Å². The van der Waals surface area contributed by atoms with E-state index in [1.165, 1.54) is 12.6 Å². The first-order chi connectivity index (χ1) is 13.0. The largest absolute Gasteiger partial charge is 0.369 e. The van der Waals surface area contributed by atoms with Gasteiger partial charge < -0.3 is 15.5 Å². The zero-order valence-electron chi connectivity index (χ0n) is 15.8. The maximum absolute atomic E-state index is 12.6. The topological polar surface area (TPSA) is 64.7 Å². The molecule has 0 unspecified atom stereocenters. The number of para-hydroxylation sites is 1. The molecule has 6 heteroatoms. The number of hydrogen-bond acceptors (Lipinski definition) is 4. The van der Waals surface area contributed by atoms with Crippen LogP contribution in [0.2, 0.25) is 0 Å². The highest BCUT2D eigenvalue weighted by Crippen LogP contribution is 2.18. The van der Waals surface area contributed by atoms with E-state index in [9.17, 15) is 9.59 Å². The zero-order chi connectivity index (χ0) is 19.2. The average molecular weight is 366 g/mol. The molecule has 0 spiro atoms. The molecule has 0 aromatic heterocycles. The van der Waals surface area contributed by atoms with E-state index in [0.29, 0.717) is 11.4 Å². The third-order valence-corrected chi connectivity index (χ3v) is 4.81. The molecule has 6 nitrogen and oxygen atoms in total. The maximum atomic E-state index is 12.6. The Balaban J connectivity index is 1.54. The first-order valence-electron chi connectivity index (χ1n) is 9.25. The predicted octanol–water partition coefficient (Wildman–Crippen LogP) is 2.79. The average Bonchev–Trinajstić information content (AvgIpc) is 2.68. The Kier molecular flexibility index (Phi) is 6.08. The minimum Gasteiger partial charge on any atom is -0.369 e. The third-order valence-electron chi connectivity index (χ3n) is 4.81. The summed E-state index contributed by atoms with van der Waals surface area (Å²) in [4.78, 5) is 28.4. The SMILES string of the molecule is CC(=O)Nc1cccc(NC(=O)[C@H](C)N2CCN(c3ccccc3)CC2)c1. The Labute approximate surface area is 160 Å². The van der Waals surface area contributed by atoms with Crippen LogP contribution in [0.3, 0.4) is 0 Å². The fourth-order valence-electron chi connectivity index (χ4n) is 3.30. The molecule has 0 bridgehead atoms. The molecule has 2 aromatic carbocycles. The van der Waals surface area contributed by atoms with Crippen LogP contribution < -0.4 is 15.5 Å². The van der Waals surface area contributed by atoms with Crippen molar-refractivity contribution in [1.29, 1.82) is 0 Å². The Morgan fingerprint density at radius 1 is 0.889 bits per heavy atom. The molecule has 2 amide bonds. The van der Waals surface area contributed by atoms with Crippen molar-refractivity contribution < 1.29 is 9.59 Å². The number of nitrogens with zero attached hydrogens (tertiary/aromatic N) is 2. The quantitative estimate of drug-likeness (QED) is 0.854. The molecule has 2 N–H and O–H groups in total. The second-order valence-electron chi connectivity index (χ2n) is 6.79. The van der Waals surface area contributed by atoms with E-state index < -0.39 is 0 Å². The number of carbonyl (C=O) groups is 2. The van der Waals surface area contributed by atoms with Crippen LogP contribution in [-0.2, 0) is 9.59 Å². The zero-order valence-corrected chi connectivity index (χ0v) is 15.8. The Morgan fingerprint density at radius 3 is 2.15 bits per heavy atom. The van der Waals surface area contributed by atoms with E-state index >= 15 is 0 Å². The minimum absolute atomic E-state index is 0.0388. The number of carbonyl (C=O) groups excluding carboxylic acids is 2. The van der Waals surface area contributed by atoms with Gasteiger partial charge in [-0.3, -0.25) is 14.5 Å². The van der Waals surface area contributed by atoms with E-state index in [1.54, 1.807) is 12.1 Å². The predicted molar refractivity (Wildman–Crippen MR) is 109 cm³/mol. The molecule has 3 rings (SSSR count). The molecule has 1 atom stereocenters. The summed E-state index contributed by atoms with van der Waals surface area (Å²) in [6.45, 7) is 6.89. The van der Waals surface area contributed by atoms with Gasteiger partial charge >= 0.3 is 0 Å². The van der Waals surface area contributed by atoms with E-state index in [-0.39, 0.29) is 17.9 Å². The van der Waals surface area contributed by atoms with Gasteiger partial charge in [0, 0.05) is 50.2 Å². The molecule has 1 aliphatic rings. The smallest absolute Gasteiger partial charge is 0.241 e. The van der Waals surface area contributed by atoms with Crippen LogP contribution in [0.25, 0.3) is 0 Å². The molecular formula is C21H26N4O2. The lowest BCUT2D eigenvalue weighted by molar-refractivity contribution is -0.120. The summed E-state index contributed by atoms with van der Waals surface area (Å²) in [7, 11) is 0. The number of piperazine rings is 1. The normalized spacial score (nSPS) is 15.9. The van der Waals surface area contributed by atoms with Crippen molar-refractivity contribution in [3.05, 3.63) is 54.6 Å². The highest BCUT2D eigenvalue weighted by Gasteiger charge is 2.25. The first kappa shape index (κ1) is 18.9. The van der Waals surface area contributed by atoms with E-state index in [4.69, 9.17) is 0 Å². The summed E-state index contributed by atoms with van der Waals surface area (Å²) in [6, 6.07) is 17.3. The second-order valence-corrected chi connectivity index (χ2v) is 6.79. The van der Waals surface area contributed by atoms with Crippen LogP contribution in [0.15, 0.2) is 54.6 Å². The Hall–Kier alpha value is -2.86. The summed E-state index contributed by atoms with van der Waals surface area (Å²) in [5.74, 6) is -0.175. The summed E-state index contributed by atoms with van der Waals surface area (Å²) < 4.78 is 0. The Morgan fingerprint density at radius 2 is 1.52 bits per heavy atom. The lowest BCUT2D eigenvalue weighted by atomic mass is 10.2. The van der Waals surface area contributed by atoms with Gasteiger partial charge in [-0.2, -0.15) is 0 Å². The third kappa shape index (κ3) is 5.08. The van der Waals surface area contributed by atoms with Crippen molar-refractivity contribution in [3.8, 4) is 0 Å². The van der Waals surface area contributed by atoms with Gasteiger partial charge in [-0.05, 0) is 37.3 Å². The van der Waals surface area contributed by atoms with Gasteiger partial charge in [-0.15, -0.1) is 0 Å². The Bertz CT molecular complexity index is 786. The lowest BCUT2D eigenvalue weighted by Crippen LogP contribution is -2.52. The molecular weight excluding hydrogens is 340 g/mol. The van der Waals surface area contributed by atoms with Crippen LogP contribution in [-0.4, -0.2) is 48.9 Å². The summed E-state index contributed by atoms with van der Waals surface area (Å²) in [6.07, 6.45) is 0. The maximum Gasteiger partial charge on any atom is 0.241 e. The second kappa shape index (κ2) is 8.68. The van der Waals surface area contributed by atoms with Gasteiger partial charge in [-0.25, -0.2) is 0 Å². The summed E-state index contributed by atoms with van der Waals surface area (Å²) in [5, 5.41) is 5.68. The molecule has 2 aromatic rings. The number of rotatable bonds is 5. The monoisotopic (exact) mass is 366 g/mol. The van der Waals surface area contributed by atoms with Crippen molar-refractivity contribution in [2.24, 2.45) is 0 Å². The first-order valence-corrected chi connectivity index (χ1v) is 9.25. The number of anilines is 3. The fourth-order valence-corrected chi connectivity index (χ4v) is 3.30. The van der Waals surface area contributed by atoms with Gasteiger partial charge in [0.1, 0.15) is 0 Å². The molecule has 27 heavy (non-hydrogen) atoms. The van der Waals surface area contributed by atoms with E-state index in [2.05, 4.69) is 32.6 Å². The summed E-state index contributed by atoms with van der Waals surface area (Å²) >= 11 is 0. The van der Waals surface area contributed by atoms with Crippen molar-refractivity contribution in [2.75, 3.05) is 41.7 Å². The highest BCUT2D eigenvalue weighted by atomic mass is 16.2. The van der Waals surface area contributed by atoms with Crippen molar-refractivity contribution >= 4 is 28.9 Å². The molecule has 0 aliphatic carbocycles. The number of amides is 2. The number of benzene rings is 2. The molecule has 1 fully saturated rings. The van der Waals surface area contributed by atoms with Gasteiger partial charge in [0.25, 0.3) is 0 Å². The molecule has 0 saturated carbocycles. The molecule has 1 heterocycles.